The van der Waals surface area contributed by atoms with E-state index in [0.717, 1.165) is 6.42 Å². The standard InChI is InChI=1S/C9H18N2O2/c1-3-8(4-5-10)11-9(6-12)7-13-2/h8-9,11-12H,3-4,6-7H2,1-2H3. The summed E-state index contributed by atoms with van der Waals surface area (Å²) in [6, 6.07) is 2.19. The molecule has 0 fully saturated rings. The highest BCUT2D eigenvalue weighted by atomic mass is 16.5. The lowest BCUT2D eigenvalue weighted by atomic mass is 10.1. The lowest BCUT2D eigenvalue weighted by molar-refractivity contribution is 0.122. The SMILES string of the molecule is CCC(CC#N)NC(CO)COC. The second-order valence-electron chi connectivity index (χ2n) is 2.97. The van der Waals surface area contributed by atoms with E-state index in [0.29, 0.717) is 13.0 Å². The molecule has 13 heavy (non-hydrogen) atoms. The molecule has 0 aliphatic heterocycles. The predicted molar refractivity (Wildman–Crippen MR) is 50.2 cm³/mol. The molecule has 0 aromatic heterocycles. The van der Waals surface area contributed by atoms with Crippen LogP contribution in [0.25, 0.3) is 0 Å². The number of nitrogens with zero attached hydrogens (tertiary/aromatic N) is 1. The number of aliphatic hydroxyl groups is 1. The molecule has 0 spiro atoms. The number of hydrogen-bond acceptors (Lipinski definition) is 4. The van der Waals surface area contributed by atoms with Crippen molar-refractivity contribution in [2.45, 2.75) is 31.8 Å². The molecule has 76 valence electrons. The fourth-order valence-corrected chi connectivity index (χ4v) is 1.12. The van der Waals surface area contributed by atoms with Crippen molar-refractivity contribution in [3.63, 3.8) is 0 Å². The van der Waals surface area contributed by atoms with Gasteiger partial charge in [-0.05, 0) is 6.42 Å². The van der Waals surface area contributed by atoms with Crippen molar-refractivity contribution in [3.8, 4) is 6.07 Å². The van der Waals surface area contributed by atoms with E-state index in [4.69, 9.17) is 15.1 Å². The van der Waals surface area contributed by atoms with Crippen molar-refractivity contribution in [1.82, 2.24) is 5.32 Å². The molecule has 2 atom stereocenters. The molecule has 0 bridgehead atoms. The quantitative estimate of drug-likeness (QED) is 0.599. The molecule has 0 saturated carbocycles. The highest BCUT2D eigenvalue weighted by Crippen LogP contribution is 1.98. The Bertz CT molecular complexity index is 156. The number of aliphatic hydroxyl groups excluding tert-OH is 1. The van der Waals surface area contributed by atoms with Crippen LogP contribution in [0.3, 0.4) is 0 Å². The molecule has 0 rings (SSSR count). The third kappa shape index (κ3) is 5.58. The van der Waals surface area contributed by atoms with E-state index in [-0.39, 0.29) is 18.7 Å². The van der Waals surface area contributed by atoms with Crippen molar-refractivity contribution in [1.29, 1.82) is 5.26 Å². The lowest BCUT2D eigenvalue weighted by Crippen LogP contribution is -2.42. The van der Waals surface area contributed by atoms with E-state index in [1.807, 2.05) is 6.92 Å². The van der Waals surface area contributed by atoms with Gasteiger partial charge in [-0.1, -0.05) is 6.92 Å². The zero-order valence-corrected chi connectivity index (χ0v) is 8.29. The Morgan fingerprint density at radius 1 is 1.54 bits per heavy atom. The van der Waals surface area contributed by atoms with Crippen molar-refractivity contribution in [2.75, 3.05) is 20.3 Å². The molecule has 0 aliphatic rings. The van der Waals surface area contributed by atoms with Crippen LogP contribution in [0, 0.1) is 11.3 Å². The summed E-state index contributed by atoms with van der Waals surface area (Å²) in [4.78, 5) is 0. The zero-order valence-electron chi connectivity index (χ0n) is 8.29. The Labute approximate surface area is 79.5 Å². The third-order valence-electron chi connectivity index (χ3n) is 1.89. The first-order chi connectivity index (χ1) is 6.28. The van der Waals surface area contributed by atoms with Crippen LogP contribution in [0.2, 0.25) is 0 Å². The van der Waals surface area contributed by atoms with Gasteiger partial charge < -0.3 is 15.2 Å². The van der Waals surface area contributed by atoms with Gasteiger partial charge in [-0.2, -0.15) is 5.26 Å². The monoisotopic (exact) mass is 186 g/mol. The summed E-state index contributed by atoms with van der Waals surface area (Å²) in [6.45, 7) is 2.52. The minimum Gasteiger partial charge on any atom is -0.395 e. The Morgan fingerprint density at radius 2 is 2.23 bits per heavy atom. The Morgan fingerprint density at radius 3 is 2.62 bits per heavy atom. The summed E-state index contributed by atoms with van der Waals surface area (Å²) in [5, 5.41) is 20.6. The van der Waals surface area contributed by atoms with Gasteiger partial charge in [0.1, 0.15) is 0 Å². The molecule has 4 nitrogen and oxygen atoms in total. The molecular formula is C9H18N2O2. The fourth-order valence-electron chi connectivity index (χ4n) is 1.12. The van der Waals surface area contributed by atoms with Crippen LogP contribution in [0.1, 0.15) is 19.8 Å². The predicted octanol–water partition coefficient (Wildman–Crippen LogP) is 0.276. The molecule has 0 aromatic rings. The van der Waals surface area contributed by atoms with Gasteiger partial charge in [-0.3, -0.25) is 0 Å². The molecule has 0 radical (unpaired) electrons. The number of nitrogens with one attached hydrogen (secondary N) is 1. The average molecular weight is 186 g/mol. The first kappa shape index (κ1) is 12.4. The van der Waals surface area contributed by atoms with Crippen LogP contribution in [-0.4, -0.2) is 37.5 Å². The van der Waals surface area contributed by atoms with E-state index >= 15 is 0 Å². The number of ether oxygens (including phenoxy) is 1. The van der Waals surface area contributed by atoms with Gasteiger partial charge in [0.2, 0.25) is 0 Å². The van der Waals surface area contributed by atoms with E-state index in [1.165, 1.54) is 0 Å². The average Bonchev–Trinajstić information content (AvgIpc) is 2.16. The van der Waals surface area contributed by atoms with Gasteiger partial charge in [0.25, 0.3) is 0 Å². The van der Waals surface area contributed by atoms with Crippen molar-refractivity contribution in [2.24, 2.45) is 0 Å². The maximum Gasteiger partial charge on any atom is 0.0638 e. The Hall–Kier alpha value is -0.630. The Kier molecular flexibility index (Phi) is 7.60. The maximum absolute atomic E-state index is 8.94. The molecule has 0 aromatic carbocycles. The summed E-state index contributed by atoms with van der Waals surface area (Å²) < 4.78 is 4.91. The van der Waals surface area contributed by atoms with E-state index in [2.05, 4.69) is 11.4 Å². The molecule has 2 N–H and O–H groups in total. The van der Waals surface area contributed by atoms with Gasteiger partial charge in [-0.15, -0.1) is 0 Å². The molecule has 0 aliphatic carbocycles. The van der Waals surface area contributed by atoms with Gasteiger partial charge in [0.15, 0.2) is 0 Å². The molecular weight excluding hydrogens is 168 g/mol. The van der Waals surface area contributed by atoms with Crippen molar-refractivity contribution in [3.05, 3.63) is 0 Å². The number of nitriles is 1. The minimum absolute atomic E-state index is 0.0375. The molecule has 0 heterocycles. The van der Waals surface area contributed by atoms with Crippen molar-refractivity contribution < 1.29 is 9.84 Å². The van der Waals surface area contributed by atoms with Gasteiger partial charge in [0, 0.05) is 13.2 Å². The van der Waals surface area contributed by atoms with E-state index < -0.39 is 0 Å². The minimum atomic E-state index is -0.0664. The second kappa shape index (κ2) is 7.99. The molecule has 2 unspecified atom stereocenters. The summed E-state index contributed by atoms with van der Waals surface area (Å²) >= 11 is 0. The summed E-state index contributed by atoms with van der Waals surface area (Å²) in [7, 11) is 1.59. The maximum atomic E-state index is 8.94. The first-order valence-corrected chi connectivity index (χ1v) is 4.51. The van der Waals surface area contributed by atoms with Gasteiger partial charge in [-0.25, -0.2) is 0 Å². The smallest absolute Gasteiger partial charge is 0.0638 e. The van der Waals surface area contributed by atoms with Crippen LogP contribution in [0.5, 0.6) is 0 Å². The van der Waals surface area contributed by atoms with Crippen LogP contribution in [0.4, 0.5) is 0 Å². The van der Waals surface area contributed by atoms with Crippen LogP contribution in [0.15, 0.2) is 0 Å². The van der Waals surface area contributed by atoms with Gasteiger partial charge >= 0.3 is 0 Å². The summed E-state index contributed by atoms with van der Waals surface area (Å²) in [5.74, 6) is 0. The molecule has 4 heteroatoms. The summed E-state index contributed by atoms with van der Waals surface area (Å²) in [6.07, 6.45) is 1.35. The highest BCUT2D eigenvalue weighted by molar-refractivity contribution is 4.82. The topological polar surface area (TPSA) is 65.3 Å². The van der Waals surface area contributed by atoms with Crippen LogP contribution in [-0.2, 0) is 4.74 Å². The van der Waals surface area contributed by atoms with Crippen molar-refractivity contribution >= 4 is 0 Å². The van der Waals surface area contributed by atoms with E-state index in [1.54, 1.807) is 7.11 Å². The zero-order chi connectivity index (χ0) is 10.1. The van der Waals surface area contributed by atoms with E-state index in [9.17, 15) is 0 Å². The normalized spacial score (nSPS) is 14.9. The highest BCUT2D eigenvalue weighted by Gasteiger charge is 2.12. The number of rotatable bonds is 7. The van der Waals surface area contributed by atoms with Crippen LogP contribution >= 0.6 is 0 Å². The number of hydrogen-bond donors (Lipinski definition) is 2. The fraction of sp³-hybridized carbons (Fsp3) is 0.889. The summed E-state index contributed by atoms with van der Waals surface area (Å²) in [5.41, 5.74) is 0. The lowest BCUT2D eigenvalue weighted by Gasteiger charge is -2.21. The second-order valence-corrected chi connectivity index (χ2v) is 2.97. The van der Waals surface area contributed by atoms with Crippen LogP contribution < -0.4 is 5.32 Å². The largest absolute Gasteiger partial charge is 0.395 e. The third-order valence-corrected chi connectivity index (χ3v) is 1.89. The van der Waals surface area contributed by atoms with Gasteiger partial charge in [0.05, 0.1) is 31.7 Å². The molecule has 0 saturated heterocycles. The molecule has 0 amide bonds. The number of methoxy groups -OCH3 is 1. The first-order valence-electron chi connectivity index (χ1n) is 4.51. The Balaban J connectivity index is 3.81.